The van der Waals surface area contributed by atoms with Crippen LogP contribution in [0, 0.1) is 10.1 Å². The molecule has 0 aliphatic rings. The van der Waals surface area contributed by atoms with Gasteiger partial charge in [0.25, 0.3) is 11.6 Å². The molecule has 0 spiro atoms. The summed E-state index contributed by atoms with van der Waals surface area (Å²) >= 11 is 5.78. The minimum Gasteiger partial charge on any atom is -0.394 e. The summed E-state index contributed by atoms with van der Waals surface area (Å²) in [5.74, 6) is -0.555. The van der Waals surface area contributed by atoms with Gasteiger partial charge in [-0.25, -0.2) is 0 Å². The SMILES string of the molecule is C[C@@H](CO)NC(=O)c1cc([N+](=O)[O-])ccc1Cl. The molecule has 0 radical (unpaired) electrons. The minimum absolute atomic E-state index is 0.0150. The van der Waals surface area contributed by atoms with Crippen LogP contribution in [0.2, 0.25) is 5.02 Å². The number of aliphatic hydroxyl groups is 1. The number of nitrogens with zero attached hydrogens (tertiary/aromatic N) is 1. The molecule has 1 atom stereocenters. The second kappa shape index (κ2) is 5.60. The number of nitro benzene ring substituents is 1. The highest BCUT2D eigenvalue weighted by molar-refractivity contribution is 6.33. The third kappa shape index (κ3) is 3.40. The van der Waals surface area contributed by atoms with Crippen LogP contribution in [0.1, 0.15) is 17.3 Å². The van der Waals surface area contributed by atoms with Crippen LogP contribution in [0.25, 0.3) is 0 Å². The lowest BCUT2D eigenvalue weighted by Gasteiger charge is -2.11. The van der Waals surface area contributed by atoms with Crippen molar-refractivity contribution in [3.63, 3.8) is 0 Å². The first-order valence-electron chi connectivity index (χ1n) is 4.81. The molecule has 0 aliphatic heterocycles. The third-order valence-corrected chi connectivity index (χ3v) is 2.39. The quantitative estimate of drug-likeness (QED) is 0.630. The summed E-state index contributed by atoms with van der Waals surface area (Å²) in [5, 5.41) is 21.9. The summed E-state index contributed by atoms with van der Waals surface area (Å²) in [7, 11) is 0. The Kier molecular flexibility index (Phi) is 4.42. The van der Waals surface area contributed by atoms with Gasteiger partial charge in [0, 0.05) is 18.2 Å². The summed E-state index contributed by atoms with van der Waals surface area (Å²) in [6.45, 7) is 1.38. The Balaban J connectivity index is 3.00. The molecule has 92 valence electrons. The van der Waals surface area contributed by atoms with Gasteiger partial charge >= 0.3 is 0 Å². The average Bonchev–Trinajstić information content (AvgIpc) is 2.28. The van der Waals surface area contributed by atoms with Crippen LogP contribution in [0.15, 0.2) is 18.2 Å². The van der Waals surface area contributed by atoms with Gasteiger partial charge in [-0.3, -0.25) is 14.9 Å². The van der Waals surface area contributed by atoms with Crippen molar-refractivity contribution in [3.8, 4) is 0 Å². The topological polar surface area (TPSA) is 92.5 Å². The Bertz CT molecular complexity index is 450. The van der Waals surface area contributed by atoms with Gasteiger partial charge in [0.15, 0.2) is 0 Å². The van der Waals surface area contributed by atoms with Crippen LogP contribution in [-0.4, -0.2) is 28.6 Å². The van der Waals surface area contributed by atoms with E-state index in [2.05, 4.69) is 5.32 Å². The van der Waals surface area contributed by atoms with E-state index in [4.69, 9.17) is 16.7 Å². The second-order valence-corrected chi connectivity index (χ2v) is 3.89. The van der Waals surface area contributed by atoms with Crippen molar-refractivity contribution >= 4 is 23.2 Å². The molecule has 0 saturated carbocycles. The predicted octanol–water partition coefficient (Wildman–Crippen LogP) is 1.36. The number of halogens is 1. The first-order chi connectivity index (χ1) is 7.95. The van der Waals surface area contributed by atoms with Crippen LogP contribution in [0.3, 0.4) is 0 Å². The second-order valence-electron chi connectivity index (χ2n) is 3.48. The number of nitrogens with one attached hydrogen (secondary N) is 1. The Hall–Kier alpha value is -1.66. The standard InChI is InChI=1S/C10H11ClN2O4/c1-6(5-14)12-10(15)8-4-7(13(16)17)2-3-9(8)11/h2-4,6,14H,5H2,1H3,(H,12,15)/t6-/m0/s1. The van der Waals surface area contributed by atoms with Crippen LogP contribution in [-0.2, 0) is 0 Å². The highest BCUT2D eigenvalue weighted by atomic mass is 35.5. The number of hydrogen-bond donors (Lipinski definition) is 2. The largest absolute Gasteiger partial charge is 0.394 e. The number of rotatable bonds is 4. The van der Waals surface area contributed by atoms with Crippen molar-refractivity contribution in [2.75, 3.05) is 6.61 Å². The molecule has 0 fully saturated rings. The van der Waals surface area contributed by atoms with Crippen LogP contribution >= 0.6 is 11.6 Å². The highest BCUT2D eigenvalue weighted by Gasteiger charge is 2.16. The molecular weight excluding hydrogens is 248 g/mol. The van der Waals surface area contributed by atoms with E-state index in [1.807, 2.05) is 0 Å². The zero-order chi connectivity index (χ0) is 13.0. The molecule has 17 heavy (non-hydrogen) atoms. The van der Waals surface area contributed by atoms with Gasteiger partial charge in [-0.2, -0.15) is 0 Å². The monoisotopic (exact) mass is 258 g/mol. The first-order valence-corrected chi connectivity index (χ1v) is 5.19. The van der Waals surface area contributed by atoms with Crippen LogP contribution in [0.5, 0.6) is 0 Å². The van der Waals surface area contributed by atoms with E-state index < -0.39 is 16.9 Å². The molecule has 1 aromatic rings. The Morgan fingerprint density at radius 1 is 1.65 bits per heavy atom. The van der Waals surface area contributed by atoms with E-state index in [1.165, 1.54) is 12.1 Å². The fourth-order valence-electron chi connectivity index (χ4n) is 1.15. The molecule has 0 unspecified atom stereocenters. The average molecular weight is 259 g/mol. The molecule has 1 aromatic carbocycles. The van der Waals surface area contributed by atoms with Crippen molar-refractivity contribution in [1.29, 1.82) is 0 Å². The lowest BCUT2D eigenvalue weighted by atomic mass is 10.1. The van der Waals surface area contributed by atoms with Gasteiger partial charge in [0.1, 0.15) is 0 Å². The number of amides is 1. The number of hydrogen-bond acceptors (Lipinski definition) is 4. The van der Waals surface area contributed by atoms with E-state index in [-0.39, 0.29) is 22.9 Å². The fourth-order valence-corrected chi connectivity index (χ4v) is 1.35. The molecule has 2 N–H and O–H groups in total. The van der Waals surface area contributed by atoms with Crippen molar-refractivity contribution in [3.05, 3.63) is 38.9 Å². The maximum atomic E-state index is 11.7. The lowest BCUT2D eigenvalue weighted by Crippen LogP contribution is -2.35. The van der Waals surface area contributed by atoms with Gasteiger partial charge < -0.3 is 10.4 Å². The first kappa shape index (κ1) is 13.4. The van der Waals surface area contributed by atoms with Gasteiger partial charge in [0.05, 0.1) is 22.1 Å². The van der Waals surface area contributed by atoms with Gasteiger partial charge in [0.2, 0.25) is 0 Å². The Morgan fingerprint density at radius 2 is 2.29 bits per heavy atom. The van der Waals surface area contributed by atoms with E-state index in [0.29, 0.717) is 0 Å². The zero-order valence-electron chi connectivity index (χ0n) is 9.01. The fraction of sp³-hybridized carbons (Fsp3) is 0.300. The molecule has 6 nitrogen and oxygen atoms in total. The molecule has 1 rings (SSSR count). The molecule has 0 saturated heterocycles. The van der Waals surface area contributed by atoms with E-state index in [1.54, 1.807) is 6.92 Å². The summed E-state index contributed by atoms with van der Waals surface area (Å²) in [5.41, 5.74) is -0.197. The minimum atomic E-state index is -0.609. The van der Waals surface area contributed by atoms with Crippen LogP contribution < -0.4 is 5.32 Å². The smallest absolute Gasteiger partial charge is 0.270 e. The number of nitro groups is 1. The number of non-ortho nitro benzene ring substituents is 1. The Labute approximate surface area is 102 Å². The molecule has 0 bridgehead atoms. The van der Waals surface area contributed by atoms with Crippen molar-refractivity contribution < 1.29 is 14.8 Å². The normalized spacial score (nSPS) is 11.9. The molecule has 0 heterocycles. The van der Waals surface area contributed by atoms with Crippen molar-refractivity contribution in [2.45, 2.75) is 13.0 Å². The summed E-state index contributed by atoms with van der Waals surface area (Å²) in [4.78, 5) is 21.6. The number of carbonyl (C=O) groups is 1. The molecule has 7 heteroatoms. The molecule has 0 aromatic heterocycles. The summed E-state index contributed by atoms with van der Waals surface area (Å²) < 4.78 is 0. The van der Waals surface area contributed by atoms with Gasteiger partial charge in [-0.15, -0.1) is 0 Å². The maximum Gasteiger partial charge on any atom is 0.270 e. The van der Waals surface area contributed by atoms with E-state index >= 15 is 0 Å². The molecule has 1 amide bonds. The molecular formula is C10H11ClN2O4. The summed E-state index contributed by atoms with van der Waals surface area (Å²) in [6, 6.07) is 3.16. The highest BCUT2D eigenvalue weighted by Crippen LogP contribution is 2.21. The number of benzene rings is 1. The van der Waals surface area contributed by atoms with Gasteiger partial charge in [-0.05, 0) is 13.0 Å². The third-order valence-electron chi connectivity index (χ3n) is 2.06. The molecule has 0 aliphatic carbocycles. The zero-order valence-corrected chi connectivity index (χ0v) is 9.77. The van der Waals surface area contributed by atoms with E-state index in [0.717, 1.165) is 6.07 Å². The van der Waals surface area contributed by atoms with Gasteiger partial charge in [-0.1, -0.05) is 11.6 Å². The van der Waals surface area contributed by atoms with Crippen molar-refractivity contribution in [1.82, 2.24) is 5.32 Å². The van der Waals surface area contributed by atoms with Crippen molar-refractivity contribution in [2.24, 2.45) is 0 Å². The maximum absolute atomic E-state index is 11.7. The van der Waals surface area contributed by atoms with E-state index in [9.17, 15) is 14.9 Å². The lowest BCUT2D eigenvalue weighted by molar-refractivity contribution is -0.384. The number of carbonyl (C=O) groups excluding carboxylic acids is 1. The Morgan fingerprint density at radius 3 is 2.82 bits per heavy atom. The number of aliphatic hydroxyl groups excluding tert-OH is 1. The summed E-state index contributed by atoms with van der Waals surface area (Å²) in [6.07, 6.45) is 0. The van der Waals surface area contributed by atoms with Crippen LogP contribution in [0.4, 0.5) is 5.69 Å². The predicted molar refractivity (Wildman–Crippen MR) is 62.1 cm³/mol.